The lowest BCUT2D eigenvalue weighted by Gasteiger charge is -2.32. The summed E-state index contributed by atoms with van der Waals surface area (Å²) in [7, 11) is 0. The van der Waals surface area contributed by atoms with Crippen LogP contribution in [0.1, 0.15) is 56.0 Å². The molecule has 4 heteroatoms. The molecule has 0 radical (unpaired) electrons. The molecule has 0 saturated heterocycles. The van der Waals surface area contributed by atoms with Crippen molar-refractivity contribution >= 4 is 11.6 Å². The summed E-state index contributed by atoms with van der Waals surface area (Å²) in [6.07, 6.45) is 2.44. The van der Waals surface area contributed by atoms with E-state index >= 15 is 0 Å². The number of anilines is 1. The Hall–Kier alpha value is -1.58. The number of rotatable bonds is 5. The number of benzene rings is 1. The molecule has 1 amide bonds. The van der Waals surface area contributed by atoms with Crippen LogP contribution in [0.3, 0.4) is 0 Å². The zero-order valence-corrected chi connectivity index (χ0v) is 12.1. The minimum absolute atomic E-state index is 0.0252. The highest BCUT2D eigenvalue weighted by Crippen LogP contribution is 2.22. The number of carbonyl (C=O) groups excluding carboxylic acids is 1. The van der Waals surface area contributed by atoms with Gasteiger partial charge in [-0.3, -0.25) is 4.79 Å². The first kappa shape index (κ1) is 15.5. The lowest BCUT2D eigenvalue weighted by Crippen LogP contribution is -2.47. The number of hydrogen-bond acceptors (Lipinski definition) is 2. The van der Waals surface area contributed by atoms with Gasteiger partial charge in [0.2, 0.25) is 0 Å². The van der Waals surface area contributed by atoms with Gasteiger partial charge >= 0.3 is 0 Å². The Morgan fingerprint density at radius 3 is 2.26 bits per heavy atom. The molecule has 3 nitrogen and oxygen atoms in total. The predicted octanol–water partition coefficient (Wildman–Crippen LogP) is 3.41. The molecule has 0 aliphatic carbocycles. The highest BCUT2D eigenvalue weighted by atomic mass is 19.1. The third-order valence-electron chi connectivity index (χ3n) is 3.93. The van der Waals surface area contributed by atoms with Crippen molar-refractivity contribution in [1.82, 2.24) is 5.32 Å². The molecule has 1 rings (SSSR count). The zero-order valence-electron chi connectivity index (χ0n) is 12.1. The van der Waals surface area contributed by atoms with Gasteiger partial charge in [0.1, 0.15) is 5.82 Å². The van der Waals surface area contributed by atoms with E-state index in [2.05, 4.69) is 5.32 Å². The van der Waals surface area contributed by atoms with Crippen molar-refractivity contribution in [3.8, 4) is 0 Å². The maximum absolute atomic E-state index is 14.0. The summed E-state index contributed by atoms with van der Waals surface area (Å²) >= 11 is 0. The third-order valence-corrected chi connectivity index (χ3v) is 3.93. The van der Waals surface area contributed by atoms with Crippen LogP contribution < -0.4 is 11.1 Å². The number of carbonyl (C=O) groups is 1. The Kier molecular flexibility index (Phi) is 4.92. The van der Waals surface area contributed by atoms with Crippen LogP contribution in [0.4, 0.5) is 10.1 Å². The number of aryl methyl sites for hydroxylation is 1. The Labute approximate surface area is 114 Å². The van der Waals surface area contributed by atoms with E-state index in [-0.39, 0.29) is 11.1 Å². The number of nitrogens with two attached hydrogens (primary N) is 1. The maximum atomic E-state index is 14.0. The summed E-state index contributed by atoms with van der Waals surface area (Å²) in [6.45, 7) is 7.67. The number of nitrogen functional groups attached to an aromatic ring is 1. The van der Waals surface area contributed by atoms with Crippen LogP contribution in [0.25, 0.3) is 0 Å². The average Bonchev–Trinajstić information content (AvgIpc) is 2.40. The smallest absolute Gasteiger partial charge is 0.254 e. The fourth-order valence-corrected chi connectivity index (χ4v) is 2.29. The molecule has 19 heavy (non-hydrogen) atoms. The molecule has 0 atom stereocenters. The van der Waals surface area contributed by atoms with Crippen LogP contribution in [0, 0.1) is 12.7 Å². The summed E-state index contributed by atoms with van der Waals surface area (Å²) in [5, 5.41) is 2.96. The standard InChI is InChI=1S/C15H23FN2O/c1-5-15(6-2,7-3)18-14(19)12-9-11(17)8-10(4)13(12)16/h8-9H,5-7,17H2,1-4H3,(H,18,19). The van der Waals surface area contributed by atoms with Crippen molar-refractivity contribution in [1.29, 1.82) is 0 Å². The second-order valence-electron chi connectivity index (χ2n) is 4.99. The molecule has 106 valence electrons. The second-order valence-corrected chi connectivity index (χ2v) is 4.99. The minimum Gasteiger partial charge on any atom is -0.399 e. The van der Waals surface area contributed by atoms with Gasteiger partial charge in [-0.2, -0.15) is 0 Å². The SMILES string of the molecule is CCC(CC)(CC)NC(=O)c1cc(N)cc(C)c1F. The van der Waals surface area contributed by atoms with E-state index in [1.54, 1.807) is 6.92 Å². The number of amides is 1. The molecule has 0 aliphatic heterocycles. The maximum Gasteiger partial charge on any atom is 0.254 e. The second kappa shape index (κ2) is 6.04. The van der Waals surface area contributed by atoms with Gasteiger partial charge in [-0.25, -0.2) is 4.39 Å². The van der Waals surface area contributed by atoms with Crippen LogP contribution >= 0.6 is 0 Å². The van der Waals surface area contributed by atoms with Crippen molar-refractivity contribution in [2.24, 2.45) is 0 Å². The fourth-order valence-electron chi connectivity index (χ4n) is 2.29. The van der Waals surface area contributed by atoms with Crippen LogP contribution in [0.2, 0.25) is 0 Å². The van der Waals surface area contributed by atoms with Crippen LogP contribution in [-0.2, 0) is 0 Å². The summed E-state index contributed by atoms with van der Waals surface area (Å²) in [6, 6.07) is 2.92. The van der Waals surface area contributed by atoms with Crippen molar-refractivity contribution in [2.75, 3.05) is 5.73 Å². The summed E-state index contributed by atoms with van der Waals surface area (Å²) in [5.41, 5.74) is 6.22. The largest absolute Gasteiger partial charge is 0.399 e. The predicted molar refractivity (Wildman–Crippen MR) is 76.6 cm³/mol. The third kappa shape index (κ3) is 3.25. The normalized spacial score (nSPS) is 11.4. The first-order chi connectivity index (χ1) is 8.89. The van der Waals surface area contributed by atoms with E-state index in [9.17, 15) is 9.18 Å². The van der Waals surface area contributed by atoms with Gasteiger partial charge in [0.15, 0.2) is 0 Å². The van der Waals surface area contributed by atoms with Gasteiger partial charge in [0.05, 0.1) is 5.56 Å². The molecule has 0 bridgehead atoms. The molecule has 0 spiro atoms. The number of halogens is 1. The first-order valence-corrected chi connectivity index (χ1v) is 6.77. The monoisotopic (exact) mass is 266 g/mol. The Bertz CT molecular complexity index is 459. The zero-order chi connectivity index (χ0) is 14.6. The highest BCUT2D eigenvalue weighted by Gasteiger charge is 2.27. The molecule has 3 N–H and O–H groups in total. The van der Waals surface area contributed by atoms with Crippen LogP contribution in [-0.4, -0.2) is 11.4 Å². The molecule has 1 aromatic rings. The first-order valence-electron chi connectivity index (χ1n) is 6.77. The molecule has 0 aromatic heterocycles. The van der Waals surface area contributed by atoms with E-state index in [0.29, 0.717) is 11.3 Å². The number of nitrogens with one attached hydrogen (secondary N) is 1. The van der Waals surface area contributed by atoms with Gasteiger partial charge in [-0.15, -0.1) is 0 Å². The van der Waals surface area contributed by atoms with Crippen molar-refractivity contribution in [2.45, 2.75) is 52.5 Å². The molecular weight excluding hydrogens is 243 g/mol. The molecule has 0 heterocycles. The van der Waals surface area contributed by atoms with E-state index in [4.69, 9.17) is 5.73 Å². The quantitative estimate of drug-likeness (QED) is 0.802. The van der Waals surface area contributed by atoms with Crippen LogP contribution in [0.15, 0.2) is 12.1 Å². The Morgan fingerprint density at radius 1 is 1.26 bits per heavy atom. The van der Waals surface area contributed by atoms with Gasteiger partial charge in [-0.1, -0.05) is 20.8 Å². The Morgan fingerprint density at radius 2 is 1.79 bits per heavy atom. The molecule has 0 saturated carbocycles. The van der Waals surface area contributed by atoms with Gasteiger partial charge in [0.25, 0.3) is 5.91 Å². The van der Waals surface area contributed by atoms with Gasteiger partial charge < -0.3 is 11.1 Å². The number of hydrogen-bond donors (Lipinski definition) is 2. The fraction of sp³-hybridized carbons (Fsp3) is 0.533. The lowest BCUT2D eigenvalue weighted by molar-refractivity contribution is 0.0884. The molecule has 1 aromatic carbocycles. The topological polar surface area (TPSA) is 55.1 Å². The van der Waals surface area contributed by atoms with Gasteiger partial charge in [0, 0.05) is 11.2 Å². The highest BCUT2D eigenvalue weighted by molar-refractivity contribution is 5.96. The average molecular weight is 266 g/mol. The summed E-state index contributed by atoms with van der Waals surface area (Å²) in [4.78, 5) is 12.3. The lowest BCUT2D eigenvalue weighted by atomic mass is 9.89. The van der Waals surface area contributed by atoms with Crippen molar-refractivity contribution < 1.29 is 9.18 Å². The summed E-state index contributed by atoms with van der Waals surface area (Å²) in [5.74, 6) is -0.887. The van der Waals surface area contributed by atoms with E-state index in [1.807, 2.05) is 20.8 Å². The van der Waals surface area contributed by atoms with E-state index in [1.165, 1.54) is 12.1 Å². The molecule has 0 fully saturated rings. The van der Waals surface area contributed by atoms with Crippen LogP contribution in [0.5, 0.6) is 0 Å². The van der Waals surface area contributed by atoms with Crippen molar-refractivity contribution in [3.05, 3.63) is 29.1 Å². The Balaban J connectivity index is 3.08. The van der Waals surface area contributed by atoms with Crippen molar-refractivity contribution in [3.63, 3.8) is 0 Å². The molecule has 0 unspecified atom stereocenters. The minimum atomic E-state index is -0.496. The van der Waals surface area contributed by atoms with E-state index < -0.39 is 11.7 Å². The van der Waals surface area contributed by atoms with Gasteiger partial charge in [-0.05, 0) is 43.9 Å². The molecular formula is C15H23FN2O. The van der Waals surface area contributed by atoms with E-state index in [0.717, 1.165) is 19.3 Å². The summed E-state index contributed by atoms with van der Waals surface area (Å²) < 4.78 is 14.0. The molecule has 0 aliphatic rings.